The van der Waals surface area contributed by atoms with Crippen molar-refractivity contribution in [1.82, 2.24) is 5.32 Å². The third kappa shape index (κ3) is 5.52. The van der Waals surface area contributed by atoms with E-state index in [0.717, 1.165) is 33.5 Å². The molecular formula is C24H23BrN2O2S. The topological polar surface area (TPSA) is 50.7 Å². The minimum Gasteiger partial charge on any atom is -0.488 e. The normalized spacial score (nSPS) is 16.0. The van der Waals surface area contributed by atoms with Crippen LogP contribution in [0, 0.1) is 0 Å². The first-order valence-electron chi connectivity index (χ1n) is 9.59. The number of nitrogens with zero attached hydrogens (tertiary/aromatic N) is 1. The fourth-order valence-corrected chi connectivity index (χ4v) is 4.40. The van der Waals surface area contributed by atoms with Crippen molar-refractivity contribution in [3.63, 3.8) is 0 Å². The van der Waals surface area contributed by atoms with Gasteiger partial charge in [0.1, 0.15) is 12.4 Å². The lowest BCUT2D eigenvalue weighted by Crippen LogP contribution is -2.19. The Balaban J connectivity index is 1.85. The summed E-state index contributed by atoms with van der Waals surface area (Å²) in [5, 5.41) is 3.41. The van der Waals surface area contributed by atoms with Crippen LogP contribution in [0.1, 0.15) is 23.6 Å². The Labute approximate surface area is 190 Å². The van der Waals surface area contributed by atoms with Gasteiger partial charge < -0.3 is 10.1 Å². The molecule has 0 spiro atoms. The molecule has 154 valence electrons. The Morgan fingerprint density at radius 2 is 1.97 bits per heavy atom. The Kier molecular flexibility index (Phi) is 7.71. The number of thioether (sulfide) groups is 1. The molecule has 1 saturated heterocycles. The first kappa shape index (κ1) is 22.1. The minimum absolute atomic E-state index is 0.155. The summed E-state index contributed by atoms with van der Waals surface area (Å²) < 4.78 is 6.60. The van der Waals surface area contributed by atoms with Crippen molar-refractivity contribution in [2.75, 3.05) is 6.61 Å². The van der Waals surface area contributed by atoms with Gasteiger partial charge in [-0.1, -0.05) is 37.8 Å². The van der Waals surface area contributed by atoms with Crippen LogP contribution in [0.25, 0.3) is 6.08 Å². The van der Waals surface area contributed by atoms with E-state index in [9.17, 15) is 4.79 Å². The van der Waals surface area contributed by atoms with Crippen molar-refractivity contribution in [2.24, 2.45) is 4.99 Å². The van der Waals surface area contributed by atoms with Gasteiger partial charge in [0.15, 0.2) is 5.17 Å². The van der Waals surface area contributed by atoms with Gasteiger partial charge in [0.05, 0.1) is 15.1 Å². The van der Waals surface area contributed by atoms with Crippen molar-refractivity contribution in [3.8, 4) is 5.75 Å². The number of amides is 1. The number of ether oxygens (including phenoxy) is 1. The molecule has 1 fully saturated rings. The summed E-state index contributed by atoms with van der Waals surface area (Å²) in [6.07, 6.45) is 7.02. The van der Waals surface area contributed by atoms with Gasteiger partial charge in [0, 0.05) is 0 Å². The molecule has 1 heterocycles. The molecule has 1 aliphatic rings. The summed E-state index contributed by atoms with van der Waals surface area (Å²) >= 11 is 4.91. The zero-order valence-electron chi connectivity index (χ0n) is 16.8. The van der Waals surface area contributed by atoms with Gasteiger partial charge >= 0.3 is 0 Å². The first-order chi connectivity index (χ1) is 14.5. The molecule has 0 atom stereocenters. The standard InChI is InChI=1S/C24H23BrN2O2S/c1-4-7-18-13-17(14-20(25)22(18)29-12-5-2)15-21-23(28)27-24(30-21)26-19-10-8-16(6-3)9-11-19/h4-5,8-11,13-15H,1-2,6-7,12H2,3H3,(H,26,27,28)/b21-15-. The number of benzene rings is 2. The van der Waals surface area contributed by atoms with Gasteiger partial charge in [-0.05, 0) is 87.6 Å². The van der Waals surface area contributed by atoms with Gasteiger partial charge in [0.25, 0.3) is 5.91 Å². The number of hydrogen-bond acceptors (Lipinski definition) is 4. The van der Waals surface area contributed by atoms with Gasteiger partial charge in [-0.3, -0.25) is 4.79 Å². The average molecular weight is 483 g/mol. The number of nitrogens with one attached hydrogen (secondary N) is 1. The molecule has 2 aromatic rings. The zero-order valence-corrected chi connectivity index (χ0v) is 19.2. The van der Waals surface area contributed by atoms with Crippen LogP contribution >= 0.6 is 27.7 Å². The summed E-state index contributed by atoms with van der Waals surface area (Å²) in [5.74, 6) is 0.607. The van der Waals surface area contributed by atoms with Crippen LogP contribution in [0.4, 0.5) is 5.69 Å². The molecule has 0 saturated carbocycles. The molecule has 3 rings (SSSR count). The number of carbonyl (C=O) groups excluding carboxylic acids is 1. The van der Waals surface area contributed by atoms with Gasteiger partial charge in [-0.15, -0.1) is 6.58 Å². The second-order valence-electron chi connectivity index (χ2n) is 6.59. The number of aryl methyl sites for hydroxylation is 1. The number of rotatable bonds is 8. The molecule has 2 aromatic carbocycles. The monoisotopic (exact) mass is 482 g/mol. The SMILES string of the molecule is C=CCOc1c(Br)cc(/C=C2\SC(=Nc3ccc(CC)cc3)NC2=O)cc1CC=C. The van der Waals surface area contributed by atoms with Crippen LogP contribution in [0.3, 0.4) is 0 Å². The average Bonchev–Trinajstić information content (AvgIpc) is 3.07. The van der Waals surface area contributed by atoms with Crippen molar-refractivity contribution < 1.29 is 9.53 Å². The highest BCUT2D eigenvalue weighted by molar-refractivity contribution is 9.10. The molecule has 0 radical (unpaired) electrons. The highest BCUT2D eigenvalue weighted by Gasteiger charge is 2.24. The molecule has 30 heavy (non-hydrogen) atoms. The number of allylic oxidation sites excluding steroid dienone is 1. The predicted molar refractivity (Wildman–Crippen MR) is 130 cm³/mol. The van der Waals surface area contributed by atoms with E-state index in [2.05, 4.69) is 46.3 Å². The van der Waals surface area contributed by atoms with Crippen LogP contribution in [0.2, 0.25) is 0 Å². The number of carbonyl (C=O) groups is 1. The highest BCUT2D eigenvalue weighted by atomic mass is 79.9. The maximum Gasteiger partial charge on any atom is 0.264 e. The van der Waals surface area contributed by atoms with Crippen molar-refractivity contribution in [1.29, 1.82) is 0 Å². The number of hydrogen-bond donors (Lipinski definition) is 1. The molecule has 1 N–H and O–H groups in total. The van der Waals surface area contributed by atoms with Gasteiger partial charge in [0.2, 0.25) is 0 Å². The maximum atomic E-state index is 12.4. The summed E-state index contributed by atoms with van der Waals surface area (Å²) in [5.41, 5.74) is 3.96. The van der Waals surface area contributed by atoms with Gasteiger partial charge in [-0.2, -0.15) is 0 Å². The Bertz CT molecular complexity index is 1030. The van der Waals surface area contributed by atoms with Gasteiger partial charge in [-0.25, -0.2) is 4.99 Å². The Morgan fingerprint density at radius 1 is 1.20 bits per heavy atom. The molecule has 0 bridgehead atoms. The second-order valence-corrected chi connectivity index (χ2v) is 8.47. The summed E-state index contributed by atoms with van der Waals surface area (Å²) in [6.45, 7) is 10.0. The maximum absolute atomic E-state index is 12.4. The third-order valence-electron chi connectivity index (χ3n) is 4.38. The molecular weight excluding hydrogens is 460 g/mol. The smallest absolute Gasteiger partial charge is 0.264 e. The van der Waals surface area contributed by atoms with Crippen molar-refractivity contribution in [2.45, 2.75) is 19.8 Å². The largest absolute Gasteiger partial charge is 0.488 e. The summed E-state index contributed by atoms with van der Waals surface area (Å²) in [7, 11) is 0. The van der Waals surface area contributed by atoms with Crippen molar-refractivity contribution in [3.05, 3.63) is 87.8 Å². The first-order valence-corrected chi connectivity index (χ1v) is 11.2. The number of amidine groups is 1. The van der Waals surface area contributed by atoms with Crippen LogP contribution < -0.4 is 10.1 Å². The molecule has 1 aliphatic heterocycles. The lowest BCUT2D eigenvalue weighted by Gasteiger charge is -2.12. The summed E-state index contributed by atoms with van der Waals surface area (Å²) in [4.78, 5) is 17.6. The van der Waals surface area contributed by atoms with Crippen molar-refractivity contribution >= 4 is 50.5 Å². The number of aliphatic imine (C=N–C) groups is 1. The molecule has 0 unspecified atom stereocenters. The number of halogens is 1. The minimum atomic E-state index is -0.155. The lowest BCUT2D eigenvalue weighted by molar-refractivity contribution is -0.115. The molecule has 0 aromatic heterocycles. The van der Waals surface area contributed by atoms with E-state index in [4.69, 9.17) is 4.74 Å². The van der Waals surface area contributed by atoms with Crippen LogP contribution in [0.15, 0.2) is 76.1 Å². The van der Waals surface area contributed by atoms with Crippen LogP contribution in [-0.4, -0.2) is 17.7 Å². The molecule has 1 amide bonds. The van der Waals surface area contributed by atoms with E-state index in [0.29, 0.717) is 23.1 Å². The third-order valence-corrected chi connectivity index (χ3v) is 5.88. The van der Waals surface area contributed by atoms with Crippen LogP contribution in [-0.2, 0) is 17.6 Å². The highest BCUT2D eigenvalue weighted by Crippen LogP contribution is 2.34. The predicted octanol–water partition coefficient (Wildman–Crippen LogP) is 6.20. The van der Waals surface area contributed by atoms with Crippen LogP contribution in [0.5, 0.6) is 5.75 Å². The Morgan fingerprint density at radius 3 is 2.63 bits per heavy atom. The van der Waals surface area contributed by atoms with E-state index in [-0.39, 0.29) is 5.91 Å². The zero-order chi connectivity index (χ0) is 21.5. The summed E-state index contributed by atoms with van der Waals surface area (Å²) in [6, 6.07) is 12.0. The second kappa shape index (κ2) is 10.5. The quantitative estimate of drug-likeness (QED) is 0.360. The molecule has 0 aliphatic carbocycles. The molecule has 6 heteroatoms. The Hall–Kier alpha value is -2.57. The van der Waals surface area contributed by atoms with E-state index < -0.39 is 0 Å². The van der Waals surface area contributed by atoms with E-state index in [1.54, 1.807) is 6.08 Å². The fraction of sp³-hybridized carbons (Fsp3) is 0.167. The van der Waals surface area contributed by atoms with E-state index in [1.807, 2.05) is 48.6 Å². The lowest BCUT2D eigenvalue weighted by atomic mass is 10.1. The molecule has 4 nitrogen and oxygen atoms in total. The van der Waals surface area contributed by atoms with E-state index in [1.165, 1.54) is 17.3 Å². The fourth-order valence-electron chi connectivity index (χ4n) is 2.92. The van der Waals surface area contributed by atoms with E-state index >= 15 is 0 Å².